The van der Waals surface area contributed by atoms with Crippen LogP contribution in [0.2, 0.25) is 0 Å². The molecule has 0 saturated heterocycles. The average molecular weight is 650 g/mol. The summed E-state index contributed by atoms with van der Waals surface area (Å²) < 4.78 is 2.44. The molecule has 0 N–H and O–H groups in total. The molecule has 0 bridgehead atoms. The zero-order valence-electron chi connectivity index (χ0n) is 27.7. The van der Waals surface area contributed by atoms with Crippen molar-refractivity contribution in [3.8, 4) is 50.7 Å². The fraction of sp³-hybridized carbons (Fsp3) is 0. The number of fused-ring (bicyclic) bond motifs is 5. The van der Waals surface area contributed by atoms with Gasteiger partial charge in [0, 0.05) is 32.8 Å². The predicted octanol–water partition coefficient (Wildman–Crippen LogP) is 12.5. The summed E-state index contributed by atoms with van der Waals surface area (Å²) in [6.07, 6.45) is 0. The van der Waals surface area contributed by atoms with E-state index in [1.165, 1.54) is 54.6 Å². The fourth-order valence-electron chi connectivity index (χ4n) is 7.56. The summed E-state index contributed by atoms with van der Waals surface area (Å²) in [6.45, 7) is 0. The number of hydrogen-bond acceptors (Lipinski definition) is 2. The van der Waals surface area contributed by atoms with E-state index in [4.69, 9.17) is 9.97 Å². The average Bonchev–Trinajstić information content (AvgIpc) is 3.53. The molecule has 0 atom stereocenters. The summed E-state index contributed by atoms with van der Waals surface area (Å²) in [5.74, 6) is 0.704. The Morgan fingerprint density at radius 3 is 1.63 bits per heavy atom. The van der Waals surface area contributed by atoms with Crippen molar-refractivity contribution < 1.29 is 0 Å². The van der Waals surface area contributed by atoms with Gasteiger partial charge in [0.1, 0.15) is 0 Å². The third-order valence-electron chi connectivity index (χ3n) is 9.98. The van der Waals surface area contributed by atoms with Crippen molar-refractivity contribution in [1.82, 2.24) is 14.5 Å². The molecule has 2 heterocycles. The van der Waals surface area contributed by atoms with Gasteiger partial charge in [-0.1, -0.05) is 152 Å². The lowest BCUT2D eigenvalue weighted by Gasteiger charge is -2.16. The first-order valence-electron chi connectivity index (χ1n) is 17.3. The van der Waals surface area contributed by atoms with E-state index in [-0.39, 0.29) is 0 Å². The molecule has 238 valence electrons. The predicted molar refractivity (Wildman–Crippen MR) is 213 cm³/mol. The van der Waals surface area contributed by atoms with Crippen LogP contribution in [0, 0.1) is 0 Å². The van der Waals surface area contributed by atoms with Crippen LogP contribution >= 0.6 is 0 Å². The number of aromatic nitrogens is 3. The summed E-state index contributed by atoms with van der Waals surface area (Å²) >= 11 is 0. The first-order chi connectivity index (χ1) is 25.3. The van der Waals surface area contributed by atoms with E-state index in [2.05, 4.69) is 180 Å². The Balaban J connectivity index is 1.15. The summed E-state index contributed by atoms with van der Waals surface area (Å²) in [7, 11) is 0. The lowest BCUT2D eigenvalue weighted by Crippen LogP contribution is -1.97. The molecule has 0 amide bonds. The minimum absolute atomic E-state index is 0.704. The molecule has 3 heteroatoms. The van der Waals surface area contributed by atoms with Crippen LogP contribution in [0.3, 0.4) is 0 Å². The molecule has 0 aliphatic rings. The highest BCUT2D eigenvalue weighted by Crippen LogP contribution is 2.40. The fourth-order valence-corrected chi connectivity index (χ4v) is 7.56. The molecule has 0 radical (unpaired) electrons. The van der Waals surface area contributed by atoms with Gasteiger partial charge in [-0.05, 0) is 63.7 Å². The van der Waals surface area contributed by atoms with Crippen LogP contribution in [-0.2, 0) is 0 Å². The lowest BCUT2D eigenvalue weighted by atomic mass is 9.95. The first kappa shape index (κ1) is 29.1. The molecule has 2 aromatic heterocycles. The molecular formula is C48H31N3. The second-order valence-corrected chi connectivity index (χ2v) is 13.0. The van der Waals surface area contributed by atoms with E-state index < -0.39 is 0 Å². The Morgan fingerprint density at radius 1 is 0.333 bits per heavy atom. The normalized spacial score (nSPS) is 11.5. The Labute approximate surface area is 295 Å². The van der Waals surface area contributed by atoms with Crippen molar-refractivity contribution in [2.24, 2.45) is 0 Å². The highest BCUT2D eigenvalue weighted by atomic mass is 15.0. The maximum atomic E-state index is 5.11. The van der Waals surface area contributed by atoms with E-state index in [1.54, 1.807) is 0 Å². The number of hydrogen-bond donors (Lipinski definition) is 0. The van der Waals surface area contributed by atoms with Crippen LogP contribution in [0.4, 0.5) is 0 Å². The molecule has 10 rings (SSSR count). The second kappa shape index (κ2) is 11.9. The molecule has 0 fully saturated rings. The molecule has 8 aromatic carbocycles. The van der Waals surface area contributed by atoms with Gasteiger partial charge in [0.25, 0.3) is 0 Å². The monoisotopic (exact) mass is 649 g/mol. The van der Waals surface area contributed by atoms with E-state index in [0.717, 1.165) is 33.6 Å². The molecule has 0 saturated carbocycles. The number of para-hydroxylation sites is 1. The van der Waals surface area contributed by atoms with Gasteiger partial charge < -0.3 is 4.57 Å². The minimum atomic E-state index is 0.704. The van der Waals surface area contributed by atoms with Crippen LogP contribution in [0.5, 0.6) is 0 Å². The number of benzene rings is 8. The number of rotatable bonds is 5. The van der Waals surface area contributed by atoms with Gasteiger partial charge in [-0.25, -0.2) is 9.97 Å². The molecule has 0 aliphatic carbocycles. The van der Waals surface area contributed by atoms with Gasteiger partial charge in [-0.3, -0.25) is 0 Å². The van der Waals surface area contributed by atoms with Crippen molar-refractivity contribution in [2.75, 3.05) is 0 Å². The quantitative estimate of drug-likeness (QED) is 0.186. The summed E-state index contributed by atoms with van der Waals surface area (Å²) in [5.41, 5.74) is 10.8. The van der Waals surface area contributed by atoms with Gasteiger partial charge >= 0.3 is 0 Å². The summed E-state index contributed by atoms with van der Waals surface area (Å²) in [5, 5.41) is 7.40. The third kappa shape index (κ3) is 4.98. The molecule has 0 unspecified atom stereocenters. The molecule has 0 spiro atoms. The topological polar surface area (TPSA) is 30.7 Å². The van der Waals surface area contributed by atoms with Crippen LogP contribution in [0.15, 0.2) is 188 Å². The zero-order chi connectivity index (χ0) is 33.7. The second-order valence-electron chi connectivity index (χ2n) is 13.0. The zero-order valence-corrected chi connectivity index (χ0v) is 27.7. The number of nitrogens with zero attached hydrogens (tertiary/aromatic N) is 3. The van der Waals surface area contributed by atoms with Crippen LogP contribution in [0.25, 0.3) is 94.1 Å². The minimum Gasteiger partial charge on any atom is -0.309 e. The Kier molecular flexibility index (Phi) is 6.81. The van der Waals surface area contributed by atoms with Gasteiger partial charge in [-0.2, -0.15) is 0 Å². The molecular weight excluding hydrogens is 619 g/mol. The maximum absolute atomic E-state index is 5.11. The van der Waals surface area contributed by atoms with Crippen molar-refractivity contribution in [1.29, 1.82) is 0 Å². The van der Waals surface area contributed by atoms with E-state index >= 15 is 0 Å². The van der Waals surface area contributed by atoms with Crippen molar-refractivity contribution in [3.63, 3.8) is 0 Å². The van der Waals surface area contributed by atoms with E-state index in [9.17, 15) is 0 Å². The Morgan fingerprint density at radius 2 is 0.902 bits per heavy atom. The van der Waals surface area contributed by atoms with Gasteiger partial charge in [-0.15, -0.1) is 0 Å². The summed E-state index contributed by atoms with van der Waals surface area (Å²) in [6, 6.07) is 66.8. The molecule has 51 heavy (non-hydrogen) atoms. The van der Waals surface area contributed by atoms with Crippen molar-refractivity contribution in [2.45, 2.75) is 0 Å². The maximum Gasteiger partial charge on any atom is 0.160 e. The summed E-state index contributed by atoms with van der Waals surface area (Å²) in [4.78, 5) is 10.2. The van der Waals surface area contributed by atoms with Crippen LogP contribution in [-0.4, -0.2) is 14.5 Å². The first-order valence-corrected chi connectivity index (χ1v) is 17.3. The molecule has 0 aliphatic heterocycles. The van der Waals surface area contributed by atoms with E-state index in [0.29, 0.717) is 5.82 Å². The smallest absolute Gasteiger partial charge is 0.160 e. The van der Waals surface area contributed by atoms with E-state index in [1.807, 2.05) is 12.1 Å². The third-order valence-corrected chi connectivity index (χ3v) is 9.98. The van der Waals surface area contributed by atoms with Crippen molar-refractivity contribution in [3.05, 3.63) is 188 Å². The largest absolute Gasteiger partial charge is 0.309 e. The van der Waals surface area contributed by atoms with Crippen molar-refractivity contribution >= 4 is 43.4 Å². The van der Waals surface area contributed by atoms with Gasteiger partial charge in [0.2, 0.25) is 0 Å². The highest BCUT2D eigenvalue weighted by molar-refractivity contribution is 6.15. The van der Waals surface area contributed by atoms with Gasteiger partial charge in [0.05, 0.1) is 28.1 Å². The highest BCUT2D eigenvalue weighted by Gasteiger charge is 2.17. The Hall–Kier alpha value is -6.84. The SMILES string of the molecule is c1ccc(-c2cc(-c3ccccc3)nc(-c3cccc(-c4ccc(-n5c6ccccc6c6cc7ccccc7cc65)c5ccccc45)c3)n2)cc1. The van der Waals surface area contributed by atoms with Gasteiger partial charge in [0.15, 0.2) is 5.82 Å². The Bertz CT molecular complexity index is 2850. The molecule has 10 aromatic rings. The lowest BCUT2D eigenvalue weighted by molar-refractivity contribution is 1.18. The van der Waals surface area contributed by atoms with Crippen LogP contribution < -0.4 is 0 Å². The standard InChI is InChI=1S/C48H31N3/c1-3-14-32(15-4-1)43-31-44(33-16-5-2-6-17-33)50-48(49-43)37-21-13-20-36(28-37)38-26-27-46(40-23-10-9-22-39(38)40)51-45-25-12-11-24-41(45)42-29-34-18-7-8-19-35(34)30-47(42)51/h1-31H. The molecule has 3 nitrogen and oxygen atoms in total. The van der Waals surface area contributed by atoms with Crippen LogP contribution in [0.1, 0.15) is 0 Å².